The average Bonchev–Trinajstić information content (AvgIpc) is 2.41. The number of aryl methyl sites for hydroxylation is 1. The molecule has 0 unspecified atom stereocenters. The van der Waals surface area contributed by atoms with Crippen LogP contribution in [-0.4, -0.2) is 19.7 Å². The fourth-order valence-electron chi connectivity index (χ4n) is 1.85. The van der Waals surface area contributed by atoms with Gasteiger partial charge in [0.15, 0.2) is 0 Å². The van der Waals surface area contributed by atoms with Gasteiger partial charge < -0.3 is 10.1 Å². The van der Waals surface area contributed by atoms with Gasteiger partial charge in [0, 0.05) is 5.02 Å². The fraction of sp³-hybridized carbons (Fsp3) is 0.625. The molecule has 0 atom stereocenters. The molecule has 0 aliphatic heterocycles. The third kappa shape index (κ3) is 7.44. The van der Waals surface area contributed by atoms with Crippen LogP contribution in [0.3, 0.4) is 0 Å². The minimum atomic E-state index is 0.788. The van der Waals surface area contributed by atoms with Crippen LogP contribution >= 0.6 is 11.6 Å². The maximum absolute atomic E-state index is 5.97. The number of benzene rings is 1. The molecule has 0 bridgehead atoms. The Kier molecular flexibility index (Phi) is 8.68. The summed E-state index contributed by atoms with van der Waals surface area (Å²) in [4.78, 5) is 0. The van der Waals surface area contributed by atoms with Gasteiger partial charge in [-0.2, -0.15) is 0 Å². The van der Waals surface area contributed by atoms with E-state index < -0.39 is 0 Å². The molecule has 0 spiro atoms. The van der Waals surface area contributed by atoms with E-state index >= 15 is 0 Å². The number of nitrogens with one attached hydrogen (secondary N) is 1. The molecule has 1 N–H and O–H groups in total. The van der Waals surface area contributed by atoms with E-state index in [0.717, 1.165) is 42.5 Å². The molecular weight excluding hydrogens is 258 g/mol. The van der Waals surface area contributed by atoms with Crippen LogP contribution in [0, 0.1) is 6.92 Å². The van der Waals surface area contributed by atoms with Crippen molar-refractivity contribution in [2.45, 2.75) is 46.0 Å². The molecule has 0 saturated carbocycles. The minimum absolute atomic E-state index is 0.788. The number of unbranched alkanes of at least 4 members (excludes halogenated alkanes) is 3. The Bertz CT molecular complexity index is 355. The molecule has 0 aliphatic rings. The van der Waals surface area contributed by atoms with Gasteiger partial charge in [-0.05, 0) is 69.5 Å². The normalized spacial score (nSPS) is 10.7. The first kappa shape index (κ1) is 16.3. The lowest BCUT2D eigenvalue weighted by molar-refractivity contribution is 0.304. The van der Waals surface area contributed by atoms with Crippen molar-refractivity contribution in [2.75, 3.05) is 19.7 Å². The summed E-state index contributed by atoms with van der Waals surface area (Å²) in [6, 6.07) is 5.82. The van der Waals surface area contributed by atoms with Crippen molar-refractivity contribution in [3.63, 3.8) is 0 Å². The Balaban J connectivity index is 2.00. The van der Waals surface area contributed by atoms with Gasteiger partial charge in [-0.25, -0.2) is 0 Å². The van der Waals surface area contributed by atoms with Crippen molar-refractivity contribution >= 4 is 11.6 Å². The molecule has 2 nitrogen and oxygen atoms in total. The summed E-state index contributed by atoms with van der Waals surface area (Å²) in [7, 11) is 0. The molecule has 1 rings (SSSR count). The number of hydrogen-bond acceptors (Lipinski definition) is 2. The second kappa shape index (κ2) is 10.1. The predicted octanol–water partition coefficient (Wildman–Crippen LogP) is 4.59. The van der Waals surface area contributed by atoms with E-state index in [2.05, 4.69) is 12.2 Å². The third-order valence-electron chi connectivity index (χ3n) is 3.10. The first-order valence-electron chi connectivity index (χ1n) is 7.33. The maximum Gasteiger partial charge on any atom is 0.119 e. The van der Waals surface area contributed by atoms with Crippen LogP contribution in [0.5, 0.6) is 5.75 Å². The van der Waals surface area contributed by atoms with Gasteiger partial charge in [0.2, 0.25) is 0 Å². The molecule has 0 amide bonds. The summed E-state index contributed by atoms with van der Waals surface area (Å²) in [6.45, 7) is 7.28. The molecule has 1 aromatic rings. The second-order valence-electron chi connectivity index (χ2n) is 4.92. The Labute approximate surface area is 122 Å². The summed E-state index contributed by atoms with van der Waals surface area (Å²) < 4.78 is 5.71. The zero-order valence-electron chi connectivity index (χ0n) is 12.2. The molecule has 0 fully saturated rings. The second-order valence-corrected chi connectivity index (χ2v) is 5.33. The summed E-state index contributed by atoms with van der Waals surface area (Å²) in [5.41, 5.74) is 1.07. The van der Waals surface area contributed by atoms with Gasteiger partial charge >= 0.3 is 0 Å². The van der Waals surface area contributed by atoms with E-state index in [1.54, 1.807) is 0 Å². The average molecular weight is 284 g/mol. The first-order chi connectivity index (χ1) is 9.24. The zero-order chi connectivity index (χ0) is 13.9. The highest BCUT2D eigenvalue weighted by atomic mass is 35.5. The van der Waals surface area contributed by atoms with E-state index in [4.69, 9.17) is 16.3 Å². The van der Waals surface area contributed by atoms with Gasteiger partial charge in [0.05, 0.1) is 6.61 Å². The Hall–Kier alpha value is -0.730. The topological polar surface area (TPSA) is 21.3 Å². The van der Waals surface area contributed by atoms with Crippen LogP contribution in [0.4, 0.5) is 0 Å². The van der Waals surface area contributed by atoms with Crippen molar-refractivity contribution in [3.05, 3.63) is 28.8 Å². The Morgan fingerprint density at radius 2 is 1.89 bits per heavy atom. The van der Waals surface area contributed by atoms with E-state index in [1.807, 2.05) is 25.1 Å². The first-order valence-corrected chi connectivity index (χ1v) is 7.71. The highest BCUT2D eigenvalue weighted by molar-refractivity contribution is 6.31. The highest BCUT2D eigenvalue weighted by Crippen LogP contribution is 2.21. The van der Waals surface area contributed by atoms with Crippen molar-refractivity contribution in [1.82, 2.24) is 5.32 Å². The highest BCUT2D eigenvalue weighted by Gasteiger charge is 1.98. The number of ether oxygens (including phenoxy) is 1. The predicted molar refractivity (Wildman–Crippen MR) is 83.3 cm³/mol. The maximum atomic E-state index is 5.97. The van der Waals surface area contributed by atoms with Crippen LogP contribution < -0.4 is 10.1 Å². The van der Waals surface area contributed by atoms with Gasteiger partial charge in [0.1, 0.15) is 5.75 Å². The van der Waals surface area contributed by atoms with Crippen molar-refractivity contribution in [2.24, 2.45) is 0 Å². The molecule has 3 heteroatoms. The van der Waals surface area contributed by atoms with E-state index in [-0.39, 0.29) is 0 Å². The van der Waals surface area contributed by atoms with Gasteiger partial charge in [0.25, 0.3) is 0 Å². The summed E-state index contributed by atoms with van der Waals surface area (Å²) >= 11 is 5.97. The Morgan fingerprint density at radius 3 is 2.63 bits per heavy atom. The summed E-state index contributed by atoms with van der Waals surface area (Å²) in [5, 5.41) is 4.25. The van der Waals surface area contributed by atoms with E-state index in [0.29, 0.717) is 0 Å². The van der Waals surface area contributed by atoms with E-state index in [9.17, 15) is 0 Å². The molecular formula is C16H26ClNO. The van der Waals surface area contributed by atoms with Gasteiger partial charge in [-0.1, -0.05) is 24.9 Å². The van der Waals surface area contributed by atoms with Crippen LogP contribution in [0.25, 0.3) is 0 Å². The zero-order valence-corrected chi connectivity index (χ0v) is 12.9. The number of hydrogen-bond donors (Lipinski definition) is 1. The largest absolute Gasteiger partial charge is 0.494 e. The SMILES string of the molecule is CCCCNCCCCCOc1ccc(Cl)c(C)c1. The van der Waals surface area contributed by atoms with Crippen molar-refractivity contribution < 1.29 is 4.74 Å². The fourth-order valence-corrected chi connectivity index (χ4v) is 1.97. The monoisotopic (exact) mass is 283 g/mol. The lowest BCUT2D eigenvalue weighted by Crippen LogP contribution is -2.16. The number of halogens is 1. The van der Waals surface area contributed by atoms with Gasteiger partial charge in [-0.3, -0.25) is 0 Å². The van der Waals surface area contributed by atoms with Gasteiger partial charge in [-0.15, -0.1) is 0 Å². The summed E-state index contributed by atoms with van der Waals surface area (Å²) in [6.07, 6.45) is 6.09. The summed E-state index contributed by atoms with van der Waals surface area (Å²) in [5.74, 6) is 0.919. The quantitative estimate of drug-likeness (QED) is 0.634. The lowest BCUT2D eigenvalue weighted by Gasteiger charge is -2.08. The van der Waals surface area contributed by atoms with Crippen LogP contribution in [-0.2, 0) is 0 Å². The van der Waals surface area contributed by atoms with Crippen LogP contribution in [0.2, 0.25) is 5.02 Å². The molecule has 19 heavy (non-hydrogen) atoms. The smallest absolute Gasteiger partial charge is 0.119 e. The molecule has 1 aromatic carbocycles. The minimum Gasteiger partial charge on any atom is -0.494 e. The molecule has 108 valence electrons. The van der Waals surface area contributed by atoms with Crippen LogP contribution in [0.1, 0.15) is 44.6 Å². The molecule has 0 aliphatic carbocycles. The standard InChI is InChI=1S/C16H26ClNO/c1-3-4-10-18-11-6-5-7-12-19-15-8-9-16(17)14(2)13-15/h8-9,13,18H,3-7,10-12H2,1-2H3. The number of rotatable bonds is 10. The van der Waals surface area contributed by atoms with E-state index in [1.165, 1.54) is 25.7 Å². The molecule has 0 radical (unpaired) electrons. The van der Waals surface area contributed by atoms with Crippen molar-refractivity contribution in [3.8, 4) is 5.75 Å². The third-order valence-corrected chi connectivity index (χ3v) is 3.53. The molecule has 0 heterocycles. The molecule has 0 saturated heterocycles. The van der Waals surface area contributed by atoms with Crippen molar-refractivity contribution in [1.29, 1.82) is 0 Å². The lowest BCUT2D eigenvalue weighted by atomic mass is 10.2. The van der Waals surface area contributed by atoms with Crippen LogP contribution in [0.15, 0.2) is 18.2 Å². The Morgan fingerprint density at radius 1 is 1.11 bits per heavy atom. The molecule has 0 aromatic heterocycles.